The molecule has 7 heteroatoms. The third-order valence-electron chi connectivity index (χ3n) is 5.66. The van der Waals surface area contributed by atoms with Crippen LogP contribution in [-0.4, -0.2) is 65.8 Å². The minimum absolute atomic E-state index is 0.00639. The molecule has 0 bridgehead atoms. The van der Waals surface area contributed by atoms with E-state index in [0.717, 1.165) is 25.4 Å². The third-order valence-corrected chi connectivity index (χ3v) is 6.56. The van der Waals surface area contributed by atoms with Crippen LogP contribution < -0.4 is 5.32 Å². The molecule has 1 heterocycles. The lowest BCUT2D eigenvalue weighted by Crippen LogP contribution is -2.55. The Labute approximate surface area is 194 Å². The molecule has 166 valence electrons. The number of nitrogens with zero attached hydrogens (tertiary/aromatic N) is 2. The number of carbonyl (C=O) groups is 2. The Morgan fingerprint density at radius 2 is 1.74 bits per heavy atom. The van der Waals surface area contributed by atoms with Crippen molar-refractivity contribution in [3.8, 4) is 0 Å². The van der Waals surface area contributed by atoms with Gasteiger partial charge in [0.25, 0.3) is 5.91 Å². The smallest absolute Gasteiger partial charge is 0.251 e. The van der Waals surface area contributed by atoms with Gasteiger partial charge in [0.05, 0.1) is 0 Å². The zero-order valence-corrected chi connectivity index (χ0v) is 19.7. The van der Waals surface area contributed by atoms with E-state index >= 15 is 0 Å². The van der Waals surface area contributed by atoms with Crippen LogP contribution in [0.4, 0.5) is 0 Å². The highest BCUT2D eigenvalue weighted by atomic mass is 35.5. The molecule has 1 N–H and O–H groups in total. The van der Waals surface area contributed by atoms with Gasteiger partial charge in [0.2, 0.25) is 5.91 Å². The van der Waals surface area contributed by atoms with E-state index in [2.05, 4.69) is 41.4 Å². The number of hydrogen-bond donors (Lipinski definition) is 1. The Morgan fingerprint density at radius 1 is 1.06 bits per heavy atom. The van der Waals surface area contributed by atoms with Crippen LogP contribution in [0, 0.1) is 6.92 Å². The van der Waals surface area contributed by atoms with Gasteiger partial charge in [-0.25, -0.2) is 0 Å². The van der Waals surface area contributed by atoms with Crippen LogP contribution in [0.15, 0.2) is 48.5 Å². The fourth-order valence-electron chi connectivity index (χ4n) is 3.71. The molecule has 1 fully saturated rings. The molecule has 3 rings (SSSR count). The predicted octanol–water partition coefficient (Wildman–Crippen LogP) is 3.84. The molecule has 2 aromatic rings. The molecule has 0 aliphatic carbocycles. The van der Waals surface area contributed by atoms with Crippen molar-refractivity contribution in [2.75, 3.05) is 38.2 Å². The zero-order chi connectivity index (χ0) is 22.2. The summed E-state index contributed by atoms with van der Waals surface area (Å²) in [6, 6.07) is 14.6. The summed E-state index contributed by atoms with van der Waals surface area (Å²) in [5, 5.41) is 3.52. The maximum Gasteiger partial charge on any atom is 0.251 e. The highest BCUT2D eigenvalue weighted by Crippen LogP contribution is 2.15. The molecule has 0 radical (unpaired) electrons. The second-order valence-corrected chi connectivity index (χ2v) is 9.26. The van der Waals surface area contributed by atoms with Gasteiger partial charge in [-0.3, -0.25) is 14.5 Å². The van der Waals surface area contributed by atoms with Gasteiger partial charge in [-0.15, -0.1) is 0 Å². The van der Waals surface area contributed by atoms with Crippen molar-refractivity contribution in [2.24, 2.45) is 0 Å². The van der Waals surface area contributed by atoms with E-state index in [1.54, 1.807) is 36.0 Å². The van der Waals surface area contributed by atoms with Gasteiger partial charge >= 0.3 is 0 Å². The highest BCUT2D eigenvalue weighted by Gasteiger charge is 2.28. The van der Waals surface area contributed by atoms with Crippen molar-refractivity contribution in [1.29, 1.82) is 0 Å². The number of rotatable bonds is 8. The second kappa shape index (κ2) is 11.6. The van der Waals surface area contributed by atoms with E-state index in [1.165, 1.54) is 11.1 Å². The van der Waals surface area contributed by atoms with Crippen LogP contribution in [0.5, 0.6) is 0 Å². The van der Waals surface area contributed by atoms with Gasteiger partial charge in [-0.05, 0) is 60.7 Å². The quantitative estimate of drug-likeness (QED) is 0.651. The molecule has 1 atom stereocenters. The van der Waals surface area contributed by atoms with Gasteiger partial charge in [0, 0.05) is 43.3 Å². The molecule has 1 aliphatic rings. The highest BCUT2D eigenvalue weighted by molar-refractivity contribution is 7.98. The fourth-order valence-corrected chi connectivity index (χ4v) is 4.31. The SMILES string of the molecule is CSCC[C@@H](NC(=O)c1ccc(Cl)cc1)C(=O)N1CCN(Cc2ccccc2C)CC1. The zero-order valence-electron chi connectivity index (χ0n) is 18.1. The van der Waals surface area contributed by atoms with Gasteiger partial charge in [0.15, 0.2) is 0 Å². The van der Waals surface area contributed by atoms with Gasteiger partial charge in [0.1, 0.15) is 6.04 Å². The van der Waals surface area contributed by atoms with Crippen molar-refractivity contribution < 1.29 is 9.59 Å². The number of aryl methyl sites for hydroxylation is 1. The van der Waals surface area contributed by atoms with Crippen LogP contribution in [0.3, 0.4) is 0 Å². The van der Waals surface area contributed by atoms with Crippen molar-refractivity contribution in [1.82, 2.24) is 15.1 Å². The summed E-state index contributed by atoms with van der Waals surface area (Å²) in [6.07, 6.45) is 2.62. The molecule has 0 saturated carbocycles. The molecule has 2 aromatic carbocycles. The molecule has 2 amide bonds. The van der Waals surface area contributed by atoms with Crippen molar-refractivity contribution in [3.05, 3.63) is 70.2 Å². The van der Waals surface area contributed by atoms with E-state index in [4.69, 9.17) is 11.6 Å². The Hall–Kier alpha value is -2.02. The van der Waals surface area contributed by atoms with Crippen LogP contribution in [-0.2, 0) is 11.3 Å². The first-order chi connectivity index (χ1) is 15.0. The van der Waals surface area contributed by atoms with E-state index in [1.807, 2.05) is 11.2 Å². The average Bonchev–Trinajstić information content (AvgIpc) is 2.78. The Kier molecular flexibility index (Phi) is 8.81. The number of piperazine rings is 1. The largest absolute Gasteiger partial charge is 0.340 e. The van der Waals surface area contributed by atoms with E-state index in [9.17, 15) is 9.59 Å². The lowest BCUT2D eigenvalue weighted by atomic mass is 10.1. The Morgan fingerprint density at radius 3 is 2.39 bits per heavy atom. The topological polar surface area (TPSA) is 52.7 Å². The number of amides is 2. The van der Waals surface area contributed by atoms with E-state index < -0.39 is 6.04 Å². The number of halogens is 1. The van der Waals surface area contributed by atoms with Gasteiger partial charge in [-0.2, -0.15) is 11.8 Å². The summed E-state index contributed by atoms with van der Waals surface area (Å²) in [5.41, 5.74) is 3.13. The molecule has 0 spiro atoms. The molecule has 31 heavy (non-hydrogen) atoms. The standard InChI is InChI=1S/C24H30ClN3O2S/c1-18-5-3-4-6-20(18)17-27-12-14-28(15-13-27)24(30)22(11-16-31-2)26-23(29)19-7-9-21(25)10-8-19/h3-10,22H,11-17H2,1-2H3,(H,26,29)/t22-/m1/s1. The molecular formula is C24H30ClN3O2S. The molecule has 1 saturated heterocycles. The number of thioether (sulfide) groups is 1. The molecule has 1 aliphatic heterocycles. The minimum Gasteiger partial charge on any atom is -0.340 e. The summed E-state index contributed by atoms with van der Waals surface area (Å²) >= 11 is 7.59. The number of carbonyl (C=O) groups excluding carboxylic acids is 2. The van der Waals surface area contributed by atoms with E-state index in [-0.39, 0.29) is 11.8 Å². The fraction of sp³-hybridized carbons (Fsp3) is 0.417. The first-order valence-corrected chi connectivity index (χ1v) is 12.4. The Bertz CT molecular complexity index is 883. The van der Waals surface area contributed by atoms with Crippen molar-refractivity contribution in [2.45, 2.75) is 25.9 Å². The second-order valence-electron chi connectivity index (χ2n) is 7.84. The predicted molar refractivity (Wildman–Crippen MR) is 129 cm³/mol. The van der Waals surface area contributed by atoms with Crippen LogP contribution in [0.1, 0.15) is 27.9 Å². The van der Waals surface area contributed by atoms with Gasteiger partial charge < -0.3 is 10.2 Å². The van der Waals surface area contributed by atoms with Crippen LogP contribution in [0.2, 0.25) is 5.02 Å². The minimum atomic E-state index is -0.515. The lowest BCUT2D eigenvalue weighted by molar-refractivity contribution is -0.135. The lowest BCUT2D eigenvalue weighted by Gasteiger charge is -2.36. The van der Waals surface area contributed by atoms with Crippen molar-refractivity contribution >= 4 is 35.2 Å². The molecule has 0 aromatic heterocycles. The maximum absolute atomic E-state index is 13.2. The molecule has 5 nitrogen and oxygen atoms in total. The number of nitrogens with one attached hydrogen (secondary N) is 1. The molecular weight excluding hydrogens is 430 g/mol. The summed E-state index contributed by atoms with van der Waals surface area (Å²) in [4.78, 5) is 30.1. The Balaban J connectivity index is 1.58. The normalized spacial score (nSPS) is 15.5. The summed E-state index contributed by atoms with van der Waals surface area (Å²) in [6.45, 7) is 6.06. The van der Waals surface area contributed by atoms with Crippen LogP contribution in [0.25, 0.3) is 0 Å². The third kappa shape index (κ3) is 6.73. The number of hydrogen-bond acceptors (Lipinski definition) is 4. The maximum atomic E-state index is 13.2. The average molecular weight is 460 g/mol. The summed E-state index contributed by atoms with van der Waals surface area (Å²) in [5.74, 6) is 0.575. The van der Waals surface area contributed by atoms with Crippen molar-refractivity contribution in [3.63, 3.8) is 0 Å². The molecule has 0 unspecified atom stereocenters. The first-order valence-electron chi connectivity index (χ1n) is 10.6. The number of benzene rings is 2. The summed E-state index contributed by atoms with van der Waals surface area (Å²) < 4.78 is 0. The monoisotopic (exact) mass is 459 g/mol. The van der Waals surface area contributed by atoms with Crippen LogP contribution >= 0.6 is 23.4 Å². The first kappa shape index (κ1) is 23.6. The summed E-state index contributed by atoms with van der Waals surface area (Å²) in [7, 11) is 0. The van der Waals surface area contributed by atoms with Gasteiger partial charge in [-0.1, -0.05) is 35.9 Å². The van der Waals surface area contributed by atoms with E-state index in [0.29, 0.717) is 30.1 Å².